The van der Waals surface area contributed by atoms with Crippen LogP contribution in [0.5, 0.6) is 0 Å². The summed E-state index contributed by atoms with van der Waals surface area (Å²) in [6.07, 6.45) is 5.23. The number of amides is 1. The zero-order chi connectivity index (χ0) is 16.2. The van der Waals surface area contributed by atoms with Crippen molar-refractivity contribution in [2.45, 2.75) is 31.8 Å². The van der Waals surface area contributed by atoms with Crippen LogP contribution in [0.4, 0.5) is 0 Å². The van der Waals surface area contributed by atoms with Crippen molar-refractivity contribution in [3.8, 4) is 0 Å². The Balaban J connectivity index is 1.53. The SMILES string of the molecule is C[C@H](NC1CCN(C(=O)c2ccccn2)CC1)c1nncn1C. The van der Waals surface area contributed by atoms with Gasteiger partial charge in [0.25, 0.3) is 5.91 Å². The number of hydrogen-bond acceptors (Lipinski definition) is 5. The molecule has 0 radical (unpaired) electrons. The Labute approximate surface area is 135 Å². The zero-order valence-corrected chi connectivity index (χ0v) is 13.5. The molecule has 0 saturated carbocycles. The zero-order valence-electron chi connectivity index (χ0n) is 13.5. The van der Waals surface area contributed by atoms with E-state index < -0.39 is 0 Å². The second-order valence-electron chi connectivity index (χ2n) is 5.97. The summed E-state index contributed by atoms with van der Waals surface area (Å²) in [4.78, 5) is 18.4. The summed E-state index contributed by atoms with van der Waals surface area (Å²) in [7, 11) is 1.95. The van der Waals surface area contributed by atoms with Crippen molar-refractivity contribution in [1.82, 2.24) is 30.0 Å². The van der Waals surface area contributed by atoms with Gasteiger partial charge in [0, 0.05) is 32.4 Å². The molecule has 0 bridgehead atoms. The van der Waals surface area contributed by atoms with Gasteiger partial charge in [-0.25, -0.2) is 0 Å². The van der Waals surface area contributed by atoms with Crippen molar-refractivity contribution in [3.05, 3.63) is 42.2 Å². The van der Waals surface area contributed by atoms with E-state index >= 15 is 0 Å². The van der Waals surface area contributed by atoms with Crippen molar-refractivity contribution >= 4 is 5.91 Å². The molecule has 1 fully saturated rings. The van der Waals surface area contributed by atoms with Crippen LogP contribution >= 0.6 is 0 Å². The molecule has 2 aromatic heterocycles. The summed E-state index contributed by atoms with van der Waals surface area (Å²) in [5, 5.41) is 11.6. The number of likely N-dealkylation sites (tertiary alicyclic amines) is 1. The standard InChI is InChI=1S/C16H22N6O/c1-12(15-20-18-11-21(15)2)19-13-6-9-22(10-7-13)16(23)14-5-3-4-8-17-14/h3-5,8,11-13,19H,6-7,9-10H2,1-2H3/t12-/m0/s1. The van der Waals surface area contributed by atoms with Gasteiger partial charge in [0.15, 0.2) is 0 Å². The van der Waals surface area contributed by atoms with Gasteiger partial charge >= 0.3 is 0 Å². The molecule has 1 atom stereocenters. The fourth-order valence-corrected chi connectivity index (χ4v) is 3.01. The molecular formula is C16H22N6O. The number of pyridine rings is 1. The predicted octanol–water partition coefficient (Wildman–Crippen LogP) is 1.17. The number of aromatic nitrogens is 4. The Morgan fingerprint density at radius 2 is 2.13 bits per heavy atom. The lowest BCUT2D eigenvalue weighted by Gasteiger charge is -2.33. The summed E-state index contributed by atoms with van der Waals surface area (Å²) < 4.78 is 1.93. The molecule has 3 heterocycles. The van der Waals surface area contributed by atoms with E-state index in [0.29, 0.717) is 11.7 Å². The Morgan fingerprint density at radius 1 is 1.35 bits per heavy atom. The largest absolute Gasteiger partial charge is 0.337 e. The molecule has 0 aliphatic carbocycles. The molecule has 1 aliphatic rings. The molecular weight excluding hydrogens is 292 g/mol. The van der Waals surface area contributed by atoms with Gasteiger partial charge in [-0.3, -0.25) is 9.78 Å². The third-order valence-corrected chi connectivity index (χ3v) is 4.29. The summed E-state index contributed by atoms with van der Waals surface area (Å²) in [6.45, 7) is 3.59. The Morgan fingerprint density at radius 3 is 2.74 bits per heavy atom. The van der Waals surface area contributed by atoms with Crippen molar-refractivity contribution in [2.24, 2.45) is 7.05 Å². The maximum Gasteiger partial charge on any atom is 0.272 e. The van der Waals surface area contributed by atoms with E-state index in [1.807, 2.05) is 28.6 Å². The first-order valence-electron chi connectivity index (χ1n) is 7.95. The number of carbonyl (C=O) groups is 1. The lowest BCUT2D eigenvalue weighted by atomic mass is 10.0. The van der Waals surface area contributed by atoms with Gasteiger partial charge in [0.2, 0.25) is 0 Å². The molecule has 1 N–H and O–H groups in total. The van der Waals surface area contributed by atoms with E-state index in [4.69, 9.17) is 0 Å². The van der Waals surface area contributed by atoms with E-state index in [-0.39, 0.29) is 11.9 Å². The van der Waals surface area contributed by atoms with E-state index in [0.717, 1.165) is 31.8 Å². The monoisotopic (exact) mass is 314 g/mol. The molecule has 1 amide bonds. The number of nitrogens with one attached hydrogen (secondary N) is 1. The highest BCUT2D eigenvalue weighted by Crippen LogP contribution is 2.17. The van der Waals surface area contributed by atoms with Gasteiger partial charge in [-0.2, -0.15) is 0 Å². The van der Waals surface area contributed by atoms with Crippen LogP contribution in [0.1, 0.15) is 42.1 Å². The van der Waals surface area contributed by atoms with Crippen LogP contribution in [-0.2, 0) is 7.05 Å². The van der Waals surface area contributed by atoms with E-state index in [2.05, 4.69) is 27.4 Å². The minimum atomic E-state index is 0.0189. The number of nitrogens with zero attached hydrogens (tertiary/aromatic N) is 5. The van der Waals surface area contributed by atoms with Crippen LogP contribution in [-0.4, -0.2) is 49.7 Å². The van der Waals surface area contributed by atoms with E-state index in [1.165, 1.54) is 0 Å². The maximum atomic E-state index is 12.4. The van der Waals surface area contributed by atoms with Gasteiger partial charge in [-0.05, 0) is 31.9 Å². The molecule has 23 heavy (non-hydrogen) atoms. The van der Waals surface area contributed by atoms with Crippen LogP contribution in [0, 0.1) is 0 Å². The third kappa shape index (κ3) is 3.56. The molecule has 122 valence electrons. The highest BCUT2D eigenvalue weighted by Gasteiger charge is 2.25. The summed E-state index contributed by atoms with van der Waals surface area (Å²) in [5.41, 5.74) is 0.520. The quantitative estimate of drug-likeness (QED) is 0.916. The topological polar surface area (TPSA) is 75.9 Å². The first-order chi connectivity index (χ1) is 11.1. The number of hydrogen-bond donors (Lipinski definition) is 1. The van der Waals surface area contributed by atoms with Gasteiger partial charge < -0.3 is 14.8 Å². The third-order valence-electron chi connectivity index (χ3n) is 4.29. The maximum absolute atomic E-state index is 12.4. The smallest absolute Gasteiger partial charge is 0.272 e. The fraction of sp³-hybridized carbons (Fsp3) is 0.500. The molecule has 2 aromatic rings. The van der Waals surface area contributed by atoms with Crippen LogP contribution in [0.15, 0.2) is 30.7 Å². The van der Waals surface area contributed by atoms with Crippen molar-refractivity contribution in [2.75, 3.05) is 13.1 Å². The average molecular weight is 314 g/mol. The number of piperidine rings is 1. The molecule has 0 unspecified atom stereocenters. The van der Waals surface area contributed by atoms with Gasteiger partial charge in [0.1, 0.15) is 17.8 Å². The van der Waals surface area contributed by atoms with E-state index in [9.17, 15) is 4.79 Å². The lowest BCUT2D eigenvalue weighted by Crippen LogP contribution is -2.45. The van der Waals surface area contributed by atoms with Crippen molar-refractivity contribution < 1.29 is 4.79 Å². The highest BCUT2D eigenvalue weighted by atomic mass is 16.2. The Hall–Kier alpha value is -2.28. The van der Waals surface area contributed by atoms with Crippen LogP contribution in [0.25, 0.3) is 0 Å². The van der Waals surface area contributed by atoms with Crippen LogP contribution < -0.4 is 5.32 Å². The minimum absolute atomic E-state index is 0.0189. The number of carbonyl (C=O) groups excluding carboxylic acids is 1. The molecule has 7 heteroatoms. The summed E-state index contributed by atoms with van der Waals surface area (Å²) in [6, 6.07) is 5.96. The molecule has 1 aliphatic heterocycles. The van der Waals surface area contributed by atoms with Gasteiger partial charge in [-0.1, -0.05) is 6.07 Å². The molecule has 7 nitrogen and oxygen atoms in total. The number of rotatable bonds is 4. The van der Waals surface area contributed by atoms with E-state index in [1.54, 1.807) is 18.6 Å². The van der Waals surface area contributed by atoms with Crippen molar-refractivity contribution in [3.63, 3.8) is 0 Å². The first-order valence-corrected chi connectivity index (χ1v) is 7.95. The summed E-state index contributed by atoms with van der Waals surface area (Å²) >= 11 is 0. The lowest BCUT2D eigenvalue weighted by molar-refractivity contribution is 0.0696. The average Bonchev–Trinajstić information content (AvgIpc) is 3.02. The predicted molar refractivity (Wildman–Crippen MR) is 85.7 cm³/mol. The van der Waals surface area contributed by atoms with Gasteiger partial charge in [0.05, 0.1) is 6.04 Å². The first kappa shape index (κ1) is 15.6. The Kier molecular flexibility index (Phi) is 4.66. The number of aryl methyl sites for hydroxylation is 1. The second-order valence-corrected chi connectivity index (χ2v) is 5.97. The Bertz CT molecular complexity index is 648. The molecule has 0 spiro atoms. The molecule has 0 aromatic carbocycles. The highest BCUT2D eigenvalue weighted by molar-refractivity contribution is 5.92. The molecule has 3 rings (SSSR count). The molecule has 1 saturated heterocycles. The normalized spacial score (nSPS) is 17.2. The second kappa shape index (κ2) is 6.87. The minimum Gasteiger partial charge on any atom is -0.337 e. The van der Waals surface area contributed by atoms with Crippen LogP contribution in [0.2, 0.25) is 0 Å². The van der Waals surface area contributed by atoms with Crippen LogP contribution in [0.3, 0.4) is 0 Å². The summed E-state index contributed by atoms with van der Waals surface area (Å²) in [5.74, 6) is 0.947. The van der Waals surface area contributed by atoms with Crippen molar-refractivity contribution in [1.29, 1.82) is 0 Å². The van der Waals surface area contributed by atoms with Gasteiger partial charge in [-0.15, -0.1) is 10.2 Å². The fourth-order valence-electron chi connectivity index (χ4n) is 3.01.